The van der Waals surface area contributed by atoms with E-state index in [1.54, 1.807) is 45.9 Å². The minimum absolute atomic E-state index is 0.110. The van der Waals surface area contributed by atoms with Gasteiger partial charge in [0, 0.05) is 25.2 Å². The molecule has 2 N–H and O–H groups in total. The maximum Gasteiger partial charge on any atom is 0.519 e. The number of benzene rings is 3. The van der Waals surface area contributed by atoms with Crippen molar-refractivity contribution < 1.29 is 33.5 Å². The van der Waals surface area contributed by atoms with Crippen molar-refractivity contribution in [2.75, 3.05) is 13.1 Å². The van der Waals surface area contributed by atoms with Crippen molar-refractivity contribution in [1.82, 2.24) is 10.6 Å². The third-order valence-electron chi connectivity index (χ3n) is 5.27. The molecule has 0 radical (unpaired) electrons. The van der Waals surface area contributed by atoms with E-state index >= 15 is 0 Å². The van der Waals surface area contributed by atoms with Crippen molar-refractivity contribution >= 4 is 34.6 Å². The van der Waals surface area contributed by atoms with Gasteiger partial charge in [-0.2, -0.15) is 0 Å². The van der Waals surface area contributed by atoms with Crippen LogP contribution in [0.25, 0.3) is 10.8 Å². The standard InChI is InChI=1S/C27H29N3O8/c1-17(24(31)28-13-14-29-25(32)38-27(2,3)4)18-5-6-20-16-23(10-7-19(20)15-18)37-26(33)36-22-11-8-21(9-12-22)30(34)35/h5-12,15-17H,13-14H2,1-4H3,(H,28,31)(H,29,32)/t17-/m1/s1. The molecule has 11 heteroatoms. The zero-order valence-corrected chi connectivity index (χ0v) is 21.5. The third-order valence-corrected chi connectivity index (χ3v) is 5.27. The van der Waals surface area contributed by atoms with Gasteiger partial charge in [-0.15, -0.1) is 0 Å². The minimum Gasteiger partial charge on any atom is -0.444 e. The molecule has 1 atom stereocenters. The van der Waals surface area contributed by atoms with E-state index in [1.807, 2.05) is 18.2 Å². The second-order valence-corrected chi connectivity index (χ2v) is 9.41. The number of alkyl carbamates (subject to hydrolysis) is 1. The van der Waals surface area contributed by atoms with E-state index in [2.05, 4.69) is 10.6 Å². The Labute approximate surface area is 219 Å². The van der Waals surface area contributed by atoms with E-state index in [1.165, 1.54) is 24.3 Å². The van der Waals surface area contributed by atoms with Gasteiger partial charge < -0.3 is 24.8 Å². The number of carbonyl (C=O) groups excluding carboxylic acids is 3. The van der Waals surface area contributed by atoms with Crippen molar-refractivity contribution in [2.24, 2.45) is 0 Å². The Bertz CT molecular complexity index is 1330. The van der Waals surface area contributed by atoms with Crippen molar-refractivity contribution in [3.63, 3.8) is 0 Å². The molecule has 0 fully saturated rings. The second kappa shape index (κ2) is 12.0. The van der Waals surface area contributed by atoms with Crippen LogP contribution in [0.2, 0.25) is 0 Å². The van der Waals surface area contributed by atoms with Crippen LogP contribution in [0.15, 0.2) is 60.7 Å². The fraction of sp³-hybridized carbons (Fsp3) is 0.296. The van der Waals surface area contributed by atoms with Gasteiger partial charge in [-0.25, -0.2) is 9.59 Å². The summed E-state index contributed by atoms with van der Waals surface area (Å²) >= 11 is 0. The Morgan fingerprint density at radius 2 is 1.45 bits per heavy atom. The Morgan fingerprint density at radius 3 is 2.11 bits per heavy atom. The normalized spacial score (nSPS) is 11.8. The van der Waals surface area contributed by atoms with Crippen LogP contribution >= 0.6 is 0 Å². The Balaban J connectivity index is 1.53. The summed E-state index contributed by atoms with van der Waals surface area (Å²) in [5.74, 6) is -0.267. The number of fused-ring (bicyclic) bond motifs is 1. The van der Waals surface area contributed by atoms with E-state index in [4.69, 9.17) is 14.2 Å². The lowest BCUT2D eigenvalue weighted by Gasteiger charge is -2.20. The van der Waals surface area contributed by atoms with Gasteiger partial charge in [-0.1, -0.05) is 24.3 Å². The predicted octanol–water partition coefficient (Wildman–Crippen LogP) is 5.07. The first-order chi connectivity index (χ1) is 17.9. The highest BCUT2D eigenvalue weighted by Gasteiger charge is 2.18. The maximum atomic E-state index is 12.6. The summed E-state index contributed by atoms with van der Waals surface area (Å²) in [7, 11) is 0. The quantitative estimate of drug-likeness (QED) is 0.137. The Morgan fingerprint density at radius 1 is 0.868 bits per heavy atom. The van der Waals surface area contributed by atoms with E-state index in [-0.39, 0.29) is 36.2 Å². The number of ether oxygens (including phenoxy) is 3. The molecule has 0 aromatic heterocycles. The summed E-state index contributed by atoms with van der Waals surface area (Å²) in [6.45, 7) is 7.58. The van der Waals surface area contributed by atoms with E-state index in [0.29, 0.717) is 0 Å². The number of nitrogens with zero attached hydrogens (tertiary/aromatic N) is 1. The summed E-state index contributed by atoms with van der Waals surface area (Å²) in [4.78, 5) is 46.5. The highest BCUT2D eigenvalue weighted by atomic mass is 16.7. The largest absolute Gasteiger partial charge is 0.519 e. The van der Waals surface area contributed by atoms with Crippen molar-refractivity contribution in [1.29, 1.82) is 0 Å². The van der Waals surface area contributed by atoms with Gasteiger partial charge in [0.05, 0.1) is 10.8 Å². The van der Waals surface area contributed by atoms with Gasteiger partial charge in [0.2, 0.25) is 5.91 Å². The lowest BCUT2D eigenvalue weighted by atomic mass is 9.97. The summed E-state index contributed by atoms with van der Waals surface area (Å²) in [5, 5.41) is 17.7. The maximum absolute atomic E-state index is 12.6. The molecular weight excluding hydrogens is 494 g/mol. The van der Waals surface area contributed by atoms with Crippen LogP contribution in [0.3, 0.4) is 0 Å². The number of non-ortho nitro benzene ring substituents is 1. The molecule has 3 aromatic rings. The summed E-state index contributed by atoms with van der Waals surface area (Å²) in [6.07, 6.45) is -1.53. The van der Waals surface area contributed by atoms with Gasteiger partial charge in [-0.3, -0.25) is 14.9 Å². The monoisotopic (exact) mass is 523 g/mol. The zero-order chi connectivity index (χ0) is 27.9. The number of hydrogen-bond acceptors (Lipinski definition) is 8. The molecule has 2 amide bonds. The lowest BCUT2D eigenvalue weighted by Crippen LogP contribution is -2.38. The molecule has 0 saturated carbocycles. The van der Waals surface area contributed by atoms with E-state index in [9.17, 15) is 24.5 Å². The fourth-order valence-corrected chi connectivity index (χ4v) is 3.39. The van der Waals surface area contributed by atoms with Gasteiger partial charge >= 0.3 is 12.2 Å². The van der Waals surface area contributed by atoms with Crippen molar-refractivity contribution in [3.8, 4) is 11.5 Å². The van der Waals surface area contributed by atoms with Gasteiger partial charge in [-0.05, 0) is 68.3 Å². The molecule has 0 saturated heterocycles. The molecule has 200 valence electrons. The van der Waals surface area contributed by atoms with Crippen molar-refractivity contribution in [3.05, 3.63) is 76.3 Å². The molecule has 0 bridgehead atoms. The van der Waals surface area contributed by atoms with Gasteiger partial charge in [0.25, 0.3) is 5.69 Å². The van der Waals surface area contributed by atoms with E-state index in [0.717, 1.165) is 16.3 Å². The van der Waals surface area contributed by atoms with E-state index < -0.39 is 28.7 Å². The number of rotatable bonds is 8. The molecule has 3 rings (SSSR count). The van der Waals surface area contributed by atoms with Crippen LogP contribution < -0.4 is 20.1 Å². The average molecular weight is 524 g/mol. The smallest absolute Gasteiger partial charge is 0.444 e. The number of nitro benzene ring substituents is 1. The molecule has 0 aliphatic carbocycles. The second-order valence-electron chi connectivity index (χ2n) is 9.41. The number of carbonyl (C=O) groups is 3. The first-order valence-corrected chi connectivity index (χ1v) is 11.8. The Kier molecular flexibility index (Phi) is 8.85. The highest BCUT2D eigenvalue weighted by Crippen LogP contribution is 2.26. The summed E-state index contributed by atoms with van der Waals surface area (Å²) in [6, 6.07) is 15.5. The molecule has 11 nitrogen and oxygen atoms in total. The third kappa shape index (κ3) is 8.19. The first-order valence-electron chi connectivity index (χ1n) is 11.8. The minimum atomic E-state index is -0.985. The van der Waals surface area contributed by atoms with Crippen LogP contribution in [0.1, 0.15) is 39.2 Å². The van der Waals surface area contributed by atoms with Crippen LogP contribution in [-0.2, 0) is 9.53 Å². The lowest BCUT2D eigenvalue weighted by molar-refractivity contribution is -0.384. The summed E-state index contributed by atoms with van der Waals surface area (Å²) in [5.41, 5.74) is 0.0756. The molecule has 0 unspecified atom stereocenters. The van der Waals surface area contributed by atoms with Gasteiger partial charge in [0.15, 0.2) is 0 Å². The highest BCUT2D eigenvalue weighted by molar-refractivity contribution is 5.88. The molecule has 0 heterocycles. The topological polar surface area (TPSA) is 146 Å². The zero-order valence-electron chi connectivity index (χ0n) is 21.5. The fourth-order valence-electron chi connectivity index (χ4n) is 3.39. The number of nitro groups is 1. The molecular formula is C27H29N3O8. The predicted molar refractivity (Wildman–Crippen MR) is 139 cm³/mol. The van der Waals surface area contributed by atoms with Crippen LogP contribution in [-0.4, -0.2) is 41.8 Å². The number of hydrogen-bond donors (Lipinski definition) is 2. The van der Waals surface area contributed by atoms with Crippen molar-refractivity contribution in [2.45, 2.75) is 39.2 Å². The SMILES string of the molecule is C[C@@H](C(=O)NCCNC(=O)OC(C)(C)C)c1ccc2cc(OC(=O)Oc3ccc([N+](=O)[O-])cc3)ccc2c1. The van der Waals surface area contributed by atoms with Crippen LogP contribution in [0.5, 0.6) is 11.5 Å². The average Bonchev–Trinajstić information content (AvgIpc) is 2.85. The number of amides is 2. The molecule has 38 heavy (non-hydrogen) atoms. The van der Waals surface area contributed by atoms with Crippen LogP contribution in [0.4, 0.5) is 15.3 Å². The number of nitrogens with one attached hydrogen (secondary N) is 2. The molecule has 0 spiro atoms. The first kappa shape index (κ1) is 27.9. The molecule has 0 aliphatic heterocycles. The van der Waals surface area contributed by atoms with Gasteiger partial charge in [0.1, 0.15) is 17.1 Å². The molecule has 0 aliphatic rings. The van der Waals surface area contributed by atoms with Crippen LogP contribution in [0, 0.1) is 10.1 Å². The summed E-state index contributed by atoms with van der Waals surface area (Å²) < 4.78 is 15.4. The Hall–Kier alpha value is -4.67. The molecule has 3 aromatic carbocycles.